The summed E-state index contributed by atoms with van der Waals surface area (Å²) in [6.07, 6.45) is 4.82. The number of aryl methyl sites for hydroxylation is 2. The van der Waals surface area contributed by atoms with Gasteiger partial charge < -0.3 is 19.2 Å². The van der Waals surface area contributed by atoms with Crippen LogP contribution in [0.5, 0.6) is 0 Å². The van der Waals surface area contributed by atoms with Crippen molar-refractivity contribution in [2.45, 2.75) is 59.3 Å². The van der Waals surface area contributed by atoms with E-state index in [1.807, 2.05) is 23.6 Å². The van der Waals surface area contributed by atoms with Crippen LogP contribution in [0.4, 0.5) is 0 Å². The topological polar surface area (TPSA) is 69.9 Å². The summed E-state index contributed by atoms with van der Waals surface area (Å²) in [5.41, 5.74) is 1.95. The summed E-state index contributed by atoms with van der Waals surface area (Å²) in [4.78, 5) is 31.5. The highest BCUT2D eigenvalue weighted by Crippen LogP contribution is 2.24. The van der Waals surface area contributed by atoms with Gasteiger partial charge in [-0.3, -0.25) is 9.59 Å². The first-order chi connectivity index (χ1) is 14.0. The highest BCUT2D eigenvalue weighted by molar-refractivity contribution is 5.77. The van der Waals surface area contributed by atoms with Gasteiger partial charge in [0.15, 0.2) is 0 Å². The van der Waals surface area contributed by atoms with Crippen LogP contribution in [-0.2, 0) is 16.0 Å². The van der Waals surface area contributed by atoms with E-state index in [1.54, 1.807) is 0 Å². The number of piperazine rings is 1. The Hall–Kier alpha value is -1.89. The summed E-state index contributed by atoms with van der Waals surface area (Å²) in [5, 5.41) is 3.96. The molecule has 0 unspecified atom stereocenters. The van der Waals surface area contributed by atoms with Gasteiger partial charge in [-0.05, 0) is 52.0 Å². The van der Waals surface area contributed by atoms with Gasteiger partial charge in [-0.15, -0.1) is 0 Å². The molecular formula is C22H36N4O3. The van der Waals surface area contributed by atoms with Crippen LogP contribution in [0.1, 0.15) is 56.0 Å². The SMILES string of the molecule is CCN1CCN(C(=O)CCC2CCN(C(=O)CCc3c(C)noc3C)CC2)CC1. The second kappa shape index (κ2) is 10.2. The Labute approximate surface area is 174 Å². The van der Waals surface area contributed by atoms with Crippen LogP contribution in [0, 0.1) is 19.8 Å². The molecule has 2 fully saturated rings. The Bertz CT molecular complexity index is 667. The second-order valence-corrected chi connectivity index (χ2v) is 8.48. The zero-order chi connectivity index (χ0) is 20.8. The number of likely N-dealkylation sites (N-methyl/N-ethyl adjacent to an activating group) is 1. The molecule has 0 aliphatic carbocycles. The van der Waals surface area contributed by atoms with Crippen LogP contribution < -0.4 is 0 Å². The largest absolute Gasteiger partial charge is 0.361 e. The monoisotopic (exact) mass is 404 g/mol. The number of carbonyl (C=O) groups excluding carboxylic acids is 2. The van der Waals surface area contributed by atoms with Gasteiger partial charge in [0.05, 0.1) is 5.69 Å². The number of amides is 2. The fraction of sp³-hybridized carbons (Fsp3) is 0.773. The third-order valence-corrected chi connectivity index (χ3v) is 6.68. The standard InChI is InChI=1S/C22H36N4O3/c1-4-24-13-15-26(16-14-24)21(27)7-5-19-9-11-25(12-10-19)22(28)8-6-20-17(2)23-29-18(20)3/h19H,4-16H2,1-3H3. The van der Waals surface area contributed by atoms with Crippen LogP contribution in [-0.4, -0.2) is 77.5 Å². The number of aromatic nitrogens is 1. The molecule has 0 bridgehead atoms. The van der Waals surface area contributed by atoms with E-state index in [2.05, 4.69) is 17.0 Å². The van der Waals surface area contributed by atoms with E-state index in [4.69, 9.17) is 4.52 Å². The first-order valence-corrected chi connectivity index (χ1v) is 11.2. The Morgan fingerprint density at radius 2 is 1.59 bits per heavy atom. The lowest BCUT2D eigenvalue weighted by Crippen LogP contribution is -2.48. The van der Waals surface area contributed by atoms with Crippen molar-refractivity contribution in [1.29, 1.82) is 0 Å². The molecule has 0 N–H and O–H groups in total. The van der Waals surface area contributed by atoms with Gasteiger partial charge in [-0.25, -0.2) is 0 Å². The first-order valence-electron chi connectivity index (χ1n) is 11.2. The minimum Gasteiger partial charge on any atom is -0.361 e. The number of piperidine rings is 1. The maximum absolute atomic E-state index is 12.6. The summed E-state index contributed by atoms with van der Waals surface area (Å²) >= 11 is 0. The molecule has 1 aromatic heterocycles. The summed E-state index contributed by atoms with van der Waals surface area (Å²) in [6.45, 7) is 12.4. The molecular weight excluding hydrogens is 368 g/mol. The van der Waals surface area contributed by atoms with E-state index in [1.165, 1.54) is 0 Å². The average Bonchev–Trinajstić information content (AvgIpc) is 3.08. The molecule has 3 rings (SSSR count). The number of rotatable bonds is 7. The van der Waals surface area contributed by atoms with Gasteiger partial charge in [0.1, 0.15) is 5.76 Å². The minimum atomic E-state index is 0.216. The quantitative estimate of drug-likeness (QED) is 0.698. The number of hydrogen-bond donors (Lipinski definition) is 0. The molecule has 2 saturated heterocycles. The summed E-state index contributed by atoms with van der Waals surface area (Å²) in [5.74, 6) is 1.89. The molecule has 2 aliphatic rings. The van der Waals surface area contributed by atoms with E-state index < -0.39 is 0 Å². The zero-order valence-electron chi connectivity index (χ0n) is 18.3. The number of carbonyl (C=O) groups is 2. The molecule has 0 aromatic carbocycles. The molecule has 7 heteroatoms. The summed E-state index contributed by atoms with van der Waals surface area (Å²) in [6, 6.07) is 0. The van der Waals surface area contributed by atoms with Gasteiger partial charge in [-0.2, -0.15) is 0 Å². The Balaban J connectivity index is 1.34. The molecule has 0 radical (unpaired) electrons. The van der Waals surface area contributed by atoms with Crippen molar-refractivity contribution in [3.05, 3.63) is 17.0 Å². The first kappa shape index (κ1) is 21.8. The van der Waals surface area contributed by atoms with Gasteiger partial charge in [0.25, 0.3) is 0 Å². The summed E-state index contributed by atoms with van der Waals surface area (Å²) in [7, 11) is 0. The molecule has 162 valence electrons. The molecule has 0 spiro atoms. The van der Waals surface area contributed by atoms with Crippen LogP contribution in [0.25, 0.3) is 0 Å². The van der Waals surface area contributed by atoms with Crippen LogP contribution in [0.15, 0.2) is 4.52 Å². The summed E-state index contributed by atoms with van der Waals surface area (Å²) < 4.78 is 5.18. The van der Waals surface area contributed by atoms with Crippen molar-refractivity contribution in [2.75, 3.05) is 45.8 Å². The number of nitrogens with zero attached hydrogens (tertiary/aromatic N) is 4. The Kier molecular flexibility index (Phi) is 7.70. The van der Waals surface area contributed by atoms with E-state index >= 15 is 0 Å². The molecule has 2 amide bonds. The molecule has 2 aliphatic heterocycles. The van der Waals surface area contributed by atoms with Crippen LogP contribution in [0.2, 0.25) is 0 Å². The predicted octanol–water partition coefficient (Wildman–Crippen LogP) is 2.41. The van der Waals surface area contributed by atoms with Gasteiger partial charge in [-0.1, -0.05) is 12.1 Å². The average molecular weight is 405 g/mol. The van der Waals surface area contributed by atoms with Crippen molar-refractivity contribution in [3.8, 4) is 0 Å². The van der Waals surface area contributed by atoms with Crippen molar-refractivity contribution in [2.24, 2.45) is 5.92 Å². The molecule has 3 heterocycles. The number of hydrogen-bond acceptors (Lipinski definition) is 5. The lowest BCUT2D eigenvalue weighted by Gasteiger charge is -2.35. The van der Waals surface area contributed by atoms with E-state index in [0.717, 1.165) is 82.1 Å². The zero-order valence-corrected chi connectivity index (χ0v) is 18.3. The van der Waals surface area contributed by atoms with E-state index in [-0.39, 0.29) is 5.91 Å². The molecule has 0 saturated carbocycles. The van der Waals surface area contributed by atoms with Gasteiger partial charge >= 0.3 is 0 Å². The van der Waals surface area contributed by atoms with Crippen LogP contribution >= 0.6 is 0 Å². The smallest absolute Gasteiger partial charge is 0.222 e. The van der Waals surface area contributed by atoms with Crippen molar-refractivity contribution >= 4 is 11.8 Å². The molecule has 1 aromatic rings. The third kappa shape index (κ3) is 5.81. The molecule has 29 heavy (non-hydrogen) atoms. The second-order valence-electron chi connectivity index (χ2n) is 8.48. The van der Waals surface area contributed by atoms with Crippen molar-refractivity contribution in [3.63, 3.8) is 0 Å². The highest BCUT2D eigenvalue weighted by atomic mass is 16.5. The van der Waals surface area contributed by atoms with Gasteiger partial charge in [0, 0.05) is 57.7 Å². The Morgan fingerprint density at radius 1 is 0.966 bits per heavy atom. The fourth-order valence-electron chi connectivity index (χ4n) is 4.52. The van der Waals surface area contributed by atoms with E-state index in [9.17, 15) is 9.59 Å². The van der Waals surface area contributed by atoms with Crippen molar-refractivity contribution < 1.29 is 14.1 Å². The van der Waals surface area contributed by atoms with Gasteiger partial charge in [0.2, 0.25) is 11.8 Å². The lowest BCUT2D eigenvalue weighted by molar-refractivity contribution is -0.134. The molecule has 0 atom stereocenters. The fourth-order valence-corrected chi connectivity index (χ4v) is 4.52. The van der Waals surface area contributed by atoms with Crippen LogP contribution in [0.3, 0.4) is 0 Å². The van der Waals surface area contributed by atoms with E-state index in [0.29, 0.717) is 31.1 Å². The predicted molar refractivity (Wildman–Crippen MR) is 112 cm³/mol. The van der Waals surface area contributed by atoms with Crippen molar-refractivity contribution in [1.82, 2.24) is 19.9 Å². The third-order valence-electron chi connectivity index (χ3n) is 6.68. The molecule has 7 nitrogen and oxygen atoms in total. The highest BCUT2D eigenvalue weighted by Gasteiger charge is 2.25. The lowest BCUT2D eigenvalue weighted by atomic mass is 9.91. The Morgan fingerprint density at radius 3 is 2.17 bits per heavy atom. The maximum Gasteiger partial charge on any atom is 0.222 e. The number of likely N-dealkylation sites (tertiary alicyclic amines) is 1. The maximum atomic E-state index is 12.6. The minimum absolute atomic E-state index is 0.216. The normalized spacial score (nSPS) is 19.0.